The number of fused-ring (bicyclic) bond motifs is 1. The van der Waals surface area contributed by atoms with E-state index in [1.54, 1.807) is 11.3 Å². The Morgan fingerprint density at radius 1 is 1.55 bits per heavy atom. The van der Waals surface area contributed by atoms with E-state index in [0.29, 0.717) is 12.6 Å². The molecular formula is C15H24N2O2S. The first-order chi connectivity index (χ1) is 9.61. The van der Waals surface area contributed by atoms with Gasteiger partial charge in [0.2, 0.25) is 5.91 Å². The highest BCUT2D eigenvalue weighted by molar-refractivity contribution is 7.10. The molecule has 1 amide bonds. The Balaban J connectivity index is 1.91. The van der Waals surface area contributed by atoms with Crippen molar-refractivity contribution in [2.75, 3.05) is 26.2 Å². The topological polar surface area (TPSA) is 43.8 Å². The second-order valence-corrected chi connectivity index (χ2v) is 6.58. The number of rotatable bonds is 6. The second kappa shape index (κ2) is 7.20. The van der Waals surface area contributed by atoms with Gasteiger partial charge in [0.25, 0.3) is 0 Å². The lowest BCUT2D eigenvalue weighted by Crippen LogP contribution is -2.45. The molecule has 2 heterocycles. The van der Waals surface area contributed by atoms with E-state index in [1.165, 1.54) is 10.4 Å². The molecule has 5 heteroatoms. The number of nitrogens with zero attached hydrogens (tertiary/aromatic N) is 2. The maximum Gasteiger partial charge on any atom is 0.237 e. The predicted octanol–water partition coefficient (Wildman–Crippen LogP) is 1.73. The molecule has 0 saturated heterocycles. The average Bonchev–Trinajstić information content (AvgIpc) is 2.90. The largest absolute Gasteiger partial charge is 0.396 e. The first-order valence-corrected chi connectivity index (χ1v) is 8.17. The van der Waals surface area contributed by atoms with Gasteiger partial charge in [0, 0.05) is 37.2 Å². The van der Waals surface area contributed by atoms with E-state index in [0.717, 1.165) is 32.5 Å². The number of thiophene rings is 1. The molecule has 1 aromatic rings. The number of carbonyl (C=O) groups is 1. The Kier molecular flexibility index (Phi) is 5.57. The smallest absolute Gasteiger partial charge is 0.237 e. The molecule has 1 N–H and O–H groups in total. The van der Waals surface area contributed by atoms with Crippen molar-refractivity contribution >= 4 is 17.2 Å². The van der Waals surface area contributed by atoms with Gasteiger partial charge in [-0.1, -0.05) is 0 Å². The summed E-state index contributed by atoms with van der Waals surface area (Å²) < 4.78 is 0. The summed E-state index contributed by atoms with van der Waals surface area (Å²) >= 11 is 1.79. The molecule has 0 atom stereocenters. The minimum absolute atomic E-state index is 0.180. The summed E-state index contributed by atoms with van der Waals surface area (Å²) in [6.07, 6.45) is 1.71. The van der Waals surface area contributed by atoms with Gasteiger partial charge in [-0.25, -0.2) is 0 Å². The van der Waals surface area contributed by atoms with Crippen LogP contribution in [0.2, 0.25) is 0 Å². The third kappa shape index (κ3) is 3.81. The molecule has 0 radical (unpaired) electrons. The van der Waals surface area contributed by atoms with Crippen LogP contribution in [0.1, 0.15) is 30.7 Å². The molecule has 0 aromatic carbocycles. The Hall–Kier alpha value is -0.910. The Labute approximate surface area is 125 Å². The van der Waals surface area contributed by atoms with E-state index in [-0.39, 0.29) is 12.5 Å². The van der Waals surface area contributed by atoms with Gasteiger partial charge in [0.05, 0.1) is 6.54 Å². The van der Waals surface area contributed by atoms with Crippen molar-refractivity contribution < 1.29 is 9.90 Å². The lowest BCUT2D eigenvalue weighted by molar-refractivity contribution is -0.133. The van der Waals surface area contributed by atoms with E-state index in [4.69, 9.17) is 5.11 Å². The Bertz CT molecular complexity index is 445. The van der Waals surface area contributed by atoms with Crippen molar-refractivity contribution in [3.05, 3.63) is 21.9 Å². The van der Waals surface area contributed by atoms with Gasteiger partial charge in [0.15, 0.2) is 0 Å². The number of carbonyl (C=O) groups excluding carboxylic acids is 1. The first-order valence-electron chi connectivity index (χ1n) is 7.29. The van der Waals surface area contributed by atoms with E-state index in [2.05, 4.69) is 30.2 Å². The summed E-state index contributed by atoms with van der Waals surface area (Å²) in [6.45, 7) is 7.19. The van der Waals surface area contributed by atoms with Crippen molar-refractivity contribution in [3.63, 3.8) is 0 Å². The molecule has 1 aliphatic heterocycles. The monoisotopic (exact) mass is 296 g/mol. The Morgan fingerprint density at radius 3 is 3.05 bits per heavy atom. The van der Waals surface area contributed by atoms with Crippen LogP contribution in [0.25, 0.3) is 0 Å². The maximum atomic E-state index is 12.4. The standard InChI is InChI=1S/C15H24N2O2S/c1-12(2)16(6-3-8-18)11-15(19)17-7-4-14-13(10-17)5-9-20-14/h5,9,12,18H,3-4,6-8,10-11H2,1-2H3. The molecule has 0 unspecified atom stereocenters. The molecule has 1 aromatic heterocycles. The average molecular weight is 296 g/mol. The van der Waals surface area contributed by atoms with Gasteiger partial charge < -0.3 is 10.0 Å². The fourth-order valence-corrected chi connectivity index (χ4v) is 3.42. The van der Waals surface area contributed by atoms with Crippen LogP contribution in [0, 0.1) is 0 Å². The lowest BCUT2D eigenvalue weighted by atomic mass is 10.1. The van der Waals surface area contributed by atoms with Crippen LogP contribution >= 0.6 is 11.3 Å². The maximum absolute atomic E-state index is 12.4. The normalized spacial score (nSPS) is 14.9. The fraction of sp³-hybridized carbons (Fsp3) is 0.667. The SMILES string of the molecule is CC(C)N(CCCO)CC(=O)N1CCc2sccc2C1. The molecule has 112 valence electrons. The van der Waals surface area contributed by atoms with Gasteiger partial charge in [-0.2, -0.15) is 0 Å². The third-order valence-corrected chi connectivity index (χ3v) is 4.86. The molecule has 0 aliphatic carbocycles. The van der Waals surface area contributed by atoms with Gasteiger partial charge in [-0.3, -0.25) is 9.69 Å². The van der Waals surface area contributed by atoms with Crippen LogP contribution in [0.15, 0.2) is 11.4 Å². The van der Waals surface area contributed by atoms with E-state index in [9.17, 15) is 4.79 Å². The Morgan fingerprint density at radius 2 is 2.35 bits per heavy atom. The van der Waals surface area contributed by atoms with Gasteiger partial charge >= 0.3 is 0 Å². The highest BCUT2D eigenvalue weighted by Gasteiger charge is 2.23. The van der Waals surface area contributed by atoms with Crippen molar-refractivity contribution in [3.8, 4) is 0 Å². The molecule has 0 fully saturated rings. The lowest BCUT2D eigenvalue weighted by Gasteiger charge is -2.31. The third-order valence-electron chi connectivity index (χ3n) is 3.83. The zero-order valence-corrected chi connectivity index (χ0v) is 13.2. The highest BCUT2D eigenvalue weighted by Crippen LogP contribution is 2.24. The van der Waals surface area contributed by atoms with E-state index < -0.39 is 0 Å². The van der Waals surface area contributed by atoms with E-state index in [1.807, 2.05) is 4.90 Å². The van der Waals surface area contributed by atoms with Crippen LogP contribution in [0.3, 0.4) is 0 Å². The quantitative estimate of drug-likeness (QED) is 0.869. The molecule has 4 nitrogen and oxygen atoms in total. The summed E-state index contributed by atoms with van der Waals surface area (Å²) in [5.74, 6) is 0.202. The molecule has 0 saturated carbocycles. The summed E-state index contributed by atoms with van der Waals surface area (Å²) in [7, 11) is 0. The van der Waals surface area contributed by atoms with Crippen LogP contribution in [0.4, 0.5) is 0 Å². The van der Waals surface area contributed by atoms with Crippen molar-refractivity contribution in [2.45, 2.75) is 39.3 Å². The number of hydrogen-bond acceptors (Lipinski definition) is 4. The number of hydrogen-bond donors (Lipinski definition) is 1. The van der Waals surface area contributed by atoms with E-state index >= 15 is 0 Å². The van der Waals surface area contributed by atoms with Gasteiger partial charge in [-0.15, -0.1) is 11.3 Å². The molecule has 0 bridgehead atoms. The van der Waals surface area contributed by atoms with Crippen molar-refractivity contribution in [1.82, 2.24) is 9.80 Å². The zero-order valence-electron chi connectivity index (χ0n) is 12.3. The number of amides is 1. The summed E-state index contributed by atoms with van der Waals surface area (Å²) in [6, 6.07) is 2.46. The highest BCUT2D eigenvalue weighted by atomic mass is 32.1. The summed E-state index contributed by atoms with van der Waals surface area (Å²) in [4.78, 5) is 18.0. The number of aliphatic hydroxyl groups is 1. The van der Waals surface area contributed by atoms with Crippen molar-refractivity contribution in [2.24, 2.45) is 0 Å². The van der Waals surface area contributed by atoms with Crippen LogP contribution in [-0.4, -0.2) is 53.1 Å². The van der Waals surface area contributed by atoms with Crippen LogP contribution in [-0.2, 0) is 17.8 Å². The minimum atomic E-state index is 0.180. The molecular weight excluding hydrogens is 272 g/mol. The molecule has 1 aliphatic rings. The summed E-state index contributed by atoms with van der Waals surface area (Å²) in [5, 5.41) is 11.1. The molecule has 20 heavy (non-hydrogen) atoms. The van der Waals surface area contributed by atoms with Crippen molar-refractivity contribution in [1.29, 1.82) is 0 Å². The second-order valence-electron chi connectivity index (χ2n) is 5.58. The minimum Gasteiger partial charge on any atom is -0.396 e. The van der Waals surface area contributed by atoms with Crippen LogP contribution in [0.5, 0.6) is 0 Å². The number of aliphatic hydroxyl groups excluding tert-OH is 1. The zero-order chi connectivity index (χ0) is 14.5. The van der Waals surface area contributed by atoms with Crippen LogP contribution < -0.4 is 0 Å². The van der Waals surface area contributed by atoms with Gasteiger partial charge in [-0.05, 0) is 43.7 Å². The van der Waals surface area contributed by atoms with Gasteiger partial charge in [0.1, 0.15) is 0 Å². The predicted molar refractivity (Wildman–Crippen MR) is 81.9 cm³/mol. The summed E-state index contributed by atoms with van der Waals surface area (Å²) in [5.41, 5.74) is 1.31. The fourth-order valence-electron chi connectivity index (χ4n) is 2.53. The molecule has 0 spiro atoms. The first kappa shape index (κ1) is 15.5. The molecule has 2 rings (SSSR count).